The Morgan fingerprint density at radius 2 is 2.27 bits per heavy atom. The summed E-state index contributed by atoms with van der Waals surface area (Å²) in [6.07, 6.45) is 0.145. The van der Waals surface area contributed by atoms with Crippen LogP contribution in [0.1, 0.15) is 12.8 Å². The van der Waals surface area contributed by atoms with Crippen LogP contribution in [0, 0.1) is 5.92 Å². The van der Waals surface area contributed by atoms with Crippen molar-refractivity contribution in [1.82, 2.24) is 4.90 Å². The molecule has 1 saturated heterocycles. The summed E-state index contributed by atoms with van der Waals surface area (Å²) in [5.41, 5.74) is 0. The first-order valence-corrected chi connectivity index (χ1v) is 3.70. The van der Waals surface area contributed by atoms with Gasteiger partial charge in [0.15, 0.2) is 0 Å². The zero-order valence-electron chi connectivity index (χ0n) is 5.99. The Bertz CT molecular complexity index is 226. The number of amides is 1. The molecule has 2 atom stereocenters. The molecule has 1 amide bonds. The highest BCUT2D eigenvalue weighted by Gasteiger charge is 2.47. The molecule has 1 aliphatic carbocycles. The quantitative estimate of drug-likeness (QED) is 0.548. The summed E-state index contributed by atoms with van der Waals surface area (Å²) < 4.78 is 0. The third kappa shape index (κ3) is 0.818. The van der Waals surface area contributed by atoms with Crippen molar-refractivity contribution in [2.45, 2.75) is 18.9 Å². The third-order valence-electron chi connectivity index (χ3n) is 2.55. The zero-order chi connectivity index (χ0) is 8.01. The number of carboxylic acid groups (broad SMARTS) is 1. The number of ketones is 1. The lowest BCUT2D eigenvalue weighted by Gasteiger charge is -2.41. The minimum atomic E-state index is -0.888. The number of carbonyl (C=O) groups is 2. The van der Waals surface area contributed by atoms with Crippen LogP contribution in [-0.4, -0.2) is 34.5 Å². The van der Waals surface area contributed by atoms with Crippen molar-refractivity contribution in [3.8, 4) is 0 Å². The third-order valence-corrected chi connectivity index (χ3v) is 2.55. The summed E-state index contributed by atoms with van der Waals surface area (Å²) in [4.78, 5) is 22.7. The molecule has 1 aliphatic heterocycles. The molecule has 0 spiro atoms. The summed E-state index contributed by atoms with van der Waals surface area (Å²) in [7, 11) is 0. The molecular formula is C7H9NO3. The van der Waals surface area contributed by atoms with Gasteiger partial charge in [0.05, 0.1) is 0 Å². The molecule has 1 heterocycles. The zero-order valence-corrected chi connectivity index (χ0v) is 5.99. The van der Waals surface area contributed by atoms with Crippen LogP contribution < -0.4 is 0 Å². The van der Waals surface area contributed by atoms with Gasteiger partial charge in [0.1, 0.15) is 5.78 Å². The lowest BCUT2D eigenvalue weighted by molar-refractivity contribution is -0.117. The van der Waals surface area contributed by atoms with E-state index in [1.165, 1.54) is 4.90 Å². The van der Waals surface area contributed by atoms with Crippen LogP contribution in [0.25, 0.3) is 0 Å². The van der Waals surface area contributed by atoms with Crippen molar-refractivity contribution in [2.24, 2.45) is 5.92 Å². The van der Waals surface area contributed by atoms with E-state index in [4.69, 9.17) is 5.11 Å². The first-order chi connectivity index (χ1) is 5.18. The van der Waals surface area contributed by atoms with Crippen LogP contribution in [0.2, 0.25) is 0 Å². The van der Waals surface area contributed by atoms with Crippen LogP contribution in [0.5, 0.6) is 0 Å². The molecular weight excluding hydrogens is 146 g/mol. The lowest BCUT2D eigenvalue weighted by atomic mass is 9.93. The highest BCUT2D eigenvalue weighted by molar-refractivity contribution is 5.84. The van der Waals surface area contributed by atoms with E-state index < -0.39 is 6.09 Å². The van der Waals surface area contributed by atoms with Crippen LogP contribution in [0.3, 0.4) is 0 Å². The van der Waals surface area contributed by atoms with Crippen LogP contribution in [-0.2, 0) is 4.79 Å². The monoisotopic (exact) mass is 155 g/mol. The van der Waals surface area contributed by atoms with E-state index in [9.17, 15) is 9.59 Å². The van der Waals surface area contributed by atoms with Gasteiger partial charge >= 0.3 is 6.09 Å². The Kier molecular flexibility index (Phi) is 1.19. The molecule has 1 saturated carbocycles. The fourth-order valence-corrected chi connectivity index (χ4v) is 1.93. The van der Waals surface area contributed by atoms with Crippen LogP contribution in [0.15, 0.2) is 0 Å². The molecule has 2 aliphatic rings. The number of likely N-dealkylation sites (tertiary alicyclic amines) is 1. The van der Waals surface area contributed by atoms with E-state index in [0.29, 0.717) is 25.3 Å². The minimum absolute atomic E-state index is 0.0139. The molecule has 11 heavy (non-hydrogen) atoms. The van der Waals surface area contributed by atoms with Gasteiger partial charge in [-0.05, 0) is 0 Å². The number of hydrogen-bond donors (Lipinski definition) is 1. The number of Topliss-reactive ketones (excluding diaryl/α,β-unsaturated/α-hetero) is 1. The Morgan fingerprint density at radius 1 is 1.55 bits per heavy atom. The van der Waals surface area contributed by atoms with Crippen LogP contribution >= 0.6 is 0 Å². The number of fused-ring (bicyclic) bond motifs is 1. The fourth-order valence-electron chi connectivity index (χ4n) is 1.93. The van der Waals surface area contributed by atoms with Gasteiger partial charge in [0.2, 0.25) is 0 Å². The Balaban J connectivity index is 2.05. The lowest BCUT2D eigenvalue weighted by Crippen LogP contribution is -2.55. The number of rotatable bonds is 0. The standard InChI is InChI=1S/C7H9NO3/c9-5-1-4-3-8(7(10)11)6(4)2-5/h4,6H,1-3H2,(H,10,11)/t4-,6-/m1/s1. The largest absolute Gasteiger partial charge is 0.465 e. The van der Waals surface area contributed by atoms with E-state index in [2.05, 4.69) is 0 Å². The normalized spacial score (nSPS) is 34.9. The van der Waals surface area contributed by atoms with Gasteiger partial charge in [-0.25, -0.2) is 4.79 Å². The summed E-state index contributed by atoms with van der Waals surface area (Å²) in [5.74, 6) is 0.544. The van der Waals surface area contributed by atoms with E-state index in [1.807, 2.05) is 0 Å². The molecule has 4 nitrogen and oxygen atoms in total. The maximum atomic E-state index is 10.9. The molecule has 1 N–H and O–H groups in total. The Morgan fingerprint density at radius 3 is 2.82 bits per heavy atom. The molecule has 0 bridgehead atoms. The van der Waals surface area contributed by atoms with Crippen molar-refractivity contribution >= 4 is 11.9 Å². The average Bonchev–Trinajstić information content (AvgIpc) is 2.13. The fraction of sp³-hybridized carbons (Fsp3) is 0.714. The minimum Gasteiger partial charge on any atom is -0.465 e. The van der Waals surface area contributed by atoms with Gasteiger partial charge in [-0.2, -0.15) is 0 Å². The van der Waals surface area contributed by atoms with Crippen molar-refractivity contribution in [3.63, 3.8) is 0 Å². The van der Waals surface area contributed by atoms with Gasteiger partial charge in [-0.3, -0.25) is 4.79 Å². The maximum absolute atomic E-state index is 10.9. The molecule has 0 aromatic rings. The molecule has 0 aromatic heterocycles. The highest BCUT2D eigenvalue weighted by atomic mass is 16.4. The second kappa shape index (κ2) is 1.96. The molecule has 60 valence electrons. The number of hydrogen-bond acceptors (Lipinski definition) is 2. The van der Waals surface area contributed by atoms with E-state index in [-0.39, 0.29) is 11.8 Å². The summed E-state index contributed by atoms with van der Waals surface area (Å²) in [6, 6.07) is 0.0139. The molecule has 0 radical (unpaired) electrons. The van der Waals surface area contributed by atoms with Crippen molar-refractivity contribution in [2.75, 3.05) is 6.54 Å². The predicted molar refractivity (Wildman–Crippen MR) is 36.2 cm³/mol. The van der Waals surface area contributed by atoms with Crippen molar-refractivity contribution < 1.29 is 14.7 Å². The number of nitrogens with zero attached hydrogens (tertiary/aromatic N) is 1. The van der Waals surface area contributed by atoms with Crippen molar-refractivity contribution in [1.29, 1.82) is 0 Å². The summed E-state index contributed by atoms with van der Waals surface area (Å²) >= 11 is 0. The Labute approximate surface area is 63.8 Å². The van der Waals surface area contributed by atoms with Gasteiger partial charge in [0, 0.05) is 31.3 Å². The molecule has 4 heteroatoms. The highest BCUT2D eigenvalue weighted by Crippen LogP contribution is 2.36. The summed E-state index contributed by atoms with van der Waals surface area (Å²) in [6.45, 7) is 0.561. The second-order valence-electron chi connectivity index (χ2n) is 3.21. The van der Waals surface area contributed by atoms with Gasteiger partial charge in [0.25, 0.3) is 0 Å². The van der Waals surface area contributed by atoms with Gasteiger partial charge < -0.3 is 10.0 Å². The van der Waals surface area contributed by atoms with Gasteiger partial charge in [-0.15, -0.1) is 0 Å². The van der Waals surface area contributed by atoms with E-state index in [1.54, 1.807) is 0 Å². The number of carbonyl (C=O) groups excluding carboxylic acids is 1. The van der Waals surface area contributed by atoms with Gasteiger partial charge in [-0.1, -0.05) is 0 Å². The molecule has 2 rings (SSSR count). The molecule has 0 unspecified atom stereocenters. The first kappa shape index (κ1) is 6.64. The Hall–Kier alpha value is -1.06. The maximum Gasteiger partial charge on any atom is 0.407 e. The van der Waals surface area contributed by atoms with Crippen molar-refractivity contribution in [3.05, 3.63) is 0 Å². The molecule has 2 fully saturated rings. The van der Waals surface area contributed by atoms with E-state index >= 15 is 0 Å². The summed E-state index contributed by atoms with van der Waals surface area (Å²) in [5, 5.41) is 8.58. The first-order valence-electron chi connectivity index (χ1n) is 3.70. The smallest absolute Gasteiger partial charge is 0.407 e. The predicted octanol–water partition coefficient (Wildman–Crippen LogP) is 0.328. The topological polar surface area (TPSA) is 57.6 Å². The second-order valence-corrected chi connectivity index (χ2v) is 3.21. The molecule has 0 aromatic carbocycles. The van der Waals surface area contributed by atoms with E-state index in [0.717, 1.165) is 0 Å². The average molecular weight is 155 g/mol. The SMILES string of the molecule is O=C1C[C@@H]2CN(C(=O)O)[C@@H]2C1. The van der Waals surface area contributed by atoms with Crippen LogP contribution in [0.4, 0.5) is 4.79 Å².